The van der Waals surface area contributed by atoms with Crippen molar-refractivity contribution >= 4 is 65.7 Å². The predicted molar refractivity (Wildman–Crippen MR) is 60.8 cm³/mol. The summed E-state index contributed by atoms with van der Waals surface area (Å²) in [5.41, 5.74) is 0. The van der Waals surface area contributed by atoms with Gasteiger partial charge in [0.1, 0.15) is 0 Å². The third-order valence-electron chi connectivity index (χ3n) is 0. The molecule has 0 rings (SSSR count). The molecule has 0 bridgehead atoms. The molecule has 0 spiro atoms. The number of halogens is 3. The Balaban J connectivity index is 3.73. The molecule has 0 unspecified atom stereocenters. The first-order chi connectivity index (χ1) is 2.24. The van der Waals surface area contributed by atoms with Crippen LogP contribution in [0.2, 0.25) is 0 Å². The summed E-state index contributed by atoms with van der Waals surface area (Å²) in [5.74, 6) is 0. The van der Waals surface area contributed by atoms with E-state index in [4.69, 9.17) is 0 Å². The van der Waals surface area contributed by atoms with Crippen LogP contribution in [0, 0.1) is 0 Å². The molecule has 0 aliphatic heterocycles. The molecule has 0 fully saturated rings. The van der Waals surface area contributed by atoms with Crippen molar-refractivity contribution in [2.24, 2.45) is 0 Å². The van der Waals surface area contributed by atoms with Crippen LogP contribution in [0.25, 0.3) is 0 Å². The molecular formula is C2H6I3P. The van der Waals surface area contributed by atoms with Crippen molar-refractivity contribution in [1.29, 1.82) is 0 Å². The van der Waals surface area contributed by atoms with Crippen LogP contribution in [0.1, 0.15) is 0 Å². The van der Waals surface area contributed by atoms with Crippen LogP contribution in [-0.2, 0) is 0 Å². The van der Waals surface area contributed by atoms with Gasteiger partial charge < -0.3 is 0 Å². The van der Waals surface area contributed by atoms with Gasteiger partial charge in [-0.3, -0.25) is 0 Å². The average Bonchev–Trinajstić information content (AvgIpc) is 0.650. The van der Waals surface area contributed by atoms with Crippen LogP contribution in [0.3, 0.4) is 0 Å². The minimum absolute atomic E-state index is 1.14. The van der Waals surface area contributed by atoms with Gasteiger partial charge in [-0.1, -0.05) is 0 Å². The van der Waals surface area contributed by atoms with Crippen molar-refractivity contribution < 1.29 is 0 Å². The van der Waals surface area contributed by atoms with Gasteiger partial charge in [0.2, 0.25) is 0 Å². The second-order valence-corrected chi connectivity index (χ2v) is 47.6. The Bertz CT molecular complexity index is 42.0. The van der Waals surface area contributed by atoms with Crippen molar-refractivity contribution in [2.45, 2.75) is 0 Å². The van der Waals surface area contributed by atoms with Gasteiger partial charge in [-0.15, -0.1) is 0 Å². The van der Waals surface area contributed by atoms with E-state index in [0.29, 0.717) is 0 Å². The van der Waals surface area contributed by atoms with E-state index in [1.807, 2.05) is 0 Å². The Morgan fingerprint density at radius 1 is 1.00 bits per heavy atom. The summed E-state index contributed by atoms with van der Waals surface area (Å²) in [5, 5.41) is 0. The molecule has 0 amide bonds. The fraction of sp³-hybridized carbons (Fsp3) is 1.00. The van der Waals surface area contributed by atoms with E-state index < -0.39 is -0.469 Å². The second kappa shape index (κ2) is 2.10. The van der Waals surface area contributed by atoms with E-state index in [0.717, 1.165) is 0 Å². The van der Waals surface area contributed by atoms with Crippen LogP contribution in [0.5, 0.6) is 0 Å². The fourth-order valence-electron chi connectivity index (χ4n) is 0. The van der Waals surface area contributed by atoms with Gasteiger partial charge in [-0.2, -0.15) is 0 Å². The fourth-order valence-corrected chi connectivity index (χ4v) is 0. The summed E-state index contributed by atoms with van der Waals surface area (Å²) in [4.78, 5) is 0. The molecule has 4 heteroatoms. The Morgan fingerprint density at radius 3 is 1.00 bits per heavy atom. The average molecular weight is 442 g/mol. The van der Waals surface area contributed by atoms with Gasteiger partial charge in [0.25, 0.3) is 0 Å². The molecule has 0 aromatic heterocycles. The molecule has 0 aromatic carbocycles. The van der Waals surface area contributed by atoms with Crippen LogP contribution >= 0.6 is 65.7 Å². The monoisotopic (exact) mass is 442 g/mol. The number of hydrogen-bond acceptors (Lipinski definition) is 0. The maximum absolute atomic E-state index is 2.52. The zero-order valence-corrected chi connectivity index (χ0v) is 10.9. The van der Waals surface area contributed by atoms with E-state index in [1.54, 1.807) is 0 Å². The third-order valence-corrected chi connectivity index (χ3v) is 0. The summed E-state index contributed by atoms with van der Waals surface area (Å²) in [7, 11) is 0. The molecule has 0 N–H and O–H groups in total. The van der Waals surface area contributed by atoms with Crippen LogP contribution in [0.15, 0.2) is 0 Å². The Labute approximate surface area is 77.6 Å². The van der Waals surface area contributed by atoms with Gasteiger partial charge in [0.05, 0.1) is 0 Å². The maximum atomic E-state index is 2.52. The first kappa shape index (κ1) is 8.62. The molecule has 0 radical (unpaired) electrons. The van der Waals surface area contributed by atoms with Crippen molar-refractivity contribution in [2.75, 3.05) is 13.3 Å². The van der Waals surface area contributed by atoms with Gasteiger partial charge in [0.15, 0.2) is 0 Å². The predicted octanol–water partition coefficient (Wildman–Crippen LogP) is 3.85. The van der Waals surface area contributed by atoms with E-state index in [2.05, 4.69) is 79.5 Å². The van der Waals surface area contributed by atoms with Crippen molar-refractivity contribution in [3.8, 4) is 0 Å². The van der Waals surface area contributed by atoms with Crippen LogP contribution in [-0.4, -0.2) is 13.3 Å². The van der Waals surface area contributed by atoms with E-state index >= 15 is 0 Å². The van der Waals surface area contributed by atoms with Gasteiger partial charge in [0, 0.05) is 0 Å². The Kier molecular flexibility index (Phi) is 3.01. The Morgan fingerprint density at radius 2 is 1.00 bits per heavy atom. The van der Waals surface area contributed by atoms with Crippen molar-refractivity contribution in [3.05, 3.63) is 0 Å². The first-order valence-corrected chi connectivity index (χ1v) is 12.9. The molecule has 0 saturated carbocycles. The van der Waals surface area contributed by atoms with Crippen molar-refractivity contribution in [3.63, 3.8) is 0 Å². The Hall–Kier alpha value is 2.62. The molecule has 6 heavy (non-hydrogen) atoms. The van der Waals surface area contributed by atoms with Gasteiger partial charge in [-0.25, -0.2) is 0 Å². The quantitative estimate of drug-likeness (QED) is 0.396. The van der Waals surface area contributed by atoms with E-state index in [-0.39, 0.29) is 0 Å². The zero-order chi connectivity index (χ0) is 5.45. The number of rotatable bonds is 0. The molecule has 0 heterocycles. The van der Waals surface area contributed by atoms with Gasteiger partial charge >= 0.3 is 79.0 Å². The third kappa shape index (κ3) is 30.5. The number of hydrogen-bond donors (Lipinski definition) is 0. The van der Waals surface area contributed by atoms with E-state index in [9.17, 15) is 0 Å². The molecule has 0 aliphatic rings. The summed E-state index contributed by atoms with van der Waals surface area (Å²) in [6.07, 6.45) is 0. The second-order valence-electron chi connectivity index (χ2n) is 1.65. The topological polar surface area (TPSA) is 0 Å². The summed E-state index contributed by atoms with van der Waals surface area (Å²) >= 11 is 7.55. The standard InChI is InChI=1S/C2H6I3P/c1-6(2,3,4)5/h1-2H3. The molecule has 0 saturated heterocycles. The SMILES string of the molecule is CP(C)(I)(I)I. The van der Waals surface area contributed by atoms with Crippen LogP contribution < -0.4 is 0 Å². The molecule has 0 nitrogen and oxygen atoms in total. The molecule has 0 atom stereocenters. The molecule has 0 aliphatic carbocycles. The molecular weight excluding hydrogens is 436 g/mol. The first-order valence-electron chi connectivity index (χ1n) is 1.40. The van der Waals surface area contributed by atoms with Crippen molar-refractivity contribution in [1.82, 2.24) is 0 Å². The van der Waals surface area contributed by atoms with Crippen LogP contribution in [0.4, 0.5) is 0 Å². The summed E-state index contributed by atoms with van der Waals surface area (Å²) < 4.78 is -1.14. The normalized spacial score (nSPS) is 19.2. The summed E-state index contributed by atoms with van der Waals surface area (Å²) in [6.45, 7) is 4.60. The molecule has 40 valence electrons. The summed E-state index contributed by atoms with van der Waals surface area (Å²) in [6, 6.07) is 0. The van der Waals surface area contributed by atoms with Gasteiger partial charge in [-0.05, 0) is 0 Å². The van der Waals surface area contributed by atoms with E-state index in [1.165, 1.54) is 0 Å². The zero-order valence-electron chi connectivity index (χ0n) is 3.58. The molecule has 0 aromatic rings. The minimum atomic E-state index is -1.14.